The molecule has 0 radical (unpaired) electrons. The summed E-state index contributed by atoms with van der Waals surface area (Å²) in [6, 6.07) is 7.19. The van der Waals surface area contributed by atoms with Crippen LogP contribution < -0.4 is 5.56 Å². The predicted octanol–water partition coefficient (Wildman–Crippen LogP) is 1.89. The number of hydrogen-bond donors (Lipinski definition) is 1. The van der Waals surface area contributed by atoms with Gasteiger partial charge in [0.25, 0.3) is 5.56 Å². The van der Waals surface area contributed by atoms with Gasteiger partial charge in [-0.25, -0.2) is 0 Å². The maximum atomic E-state index is 11.6. The molecule has 0 saturated carbocycles. The zero-order valence-electron chi connectivity index (χ0n) is 7.81. The number of fused-ring (bicyclic) bond motifs is 1. The van der Waals surface area contributed by atoms with Crippen LogP contribution in [0.3, 0.4) is 0 Å². The molecule has 4 heteroatoms. The molecule has 0 fully saturated rings. The molecule has 15 heavy (non-hydrogen) atoms. The van der Waals surface area contributed by atoms with Gasteiger partial charge in [-0.1, -0.05) is 0 Å². The lowest BCUT2D eigenvalue weighted by atomic mass is 10.3. The summed E-state index contributed by atoms with van der Waals surface area (Å²) < 4.78 is 6.99. The molecule has 0 amide bonds. The van der Waals surface area contributed by atoms with E-state index in [-0.39, 0.29) is 5.56 Å². The van der Waals surface area contributed by atoms with Gasteiger partial charge in [-0.2, -0.15) is 0 Å². The number of furan rings is 1. The molecule has 0 aliphatic heterocycles. The topological polar surface area (TPSA) is 50.4 Å². The molecule has 0 atom stereocenters. The second-order valence-corrected chi connectivity index (χ2v) is 3.27. The Morgan fingerprint density at radius 2 is 2.20 bits per heavy atom. The van der Waals surface area contributed by atoms with Gasteiger partial charge in [0.15, 0.2) is 5.76 Å². The van der Waals surface area contributed by atoms with Crippen molar-refractivity contribution in [1.82, 2.24) is 9.38 Å². The Kier molecular flexibility index (Phi) is 1.56. The van der Waals surface area contributed by atoms with Crippen molar-refractivity contribution in [3.05, 3.63) is 53.3 Å². The van der Waals surface area contributed by atoms with Gasteiger partial charge in [-0.15, -0.1) is 0 Å². The molecule has 3 aromatic rings. The van der Waals surface area contributed by atoms with Crippen LogP contribution in [-0.4, -0.2) is 9.38 Å². The largest absolute Gasteiger partial charge is 0.463 e. The highest BCUT2D eigenvalue weighted by atomic mass is 16.3. The van der Waals surface area contributed by atoms with Crippen LogP contribution in [0.25, 0.3) is 17.0 Å². The van der Waals surface area contributed by atoms with E-state index in [4.69, 9.17) is 4.42 Å². The van der Waals surface area contributed by atoms with Crippen LogP contribution >= 0.6 is 0 Å². The monoisotopic (exact) mass is 200 g/mol. The van der Waals surface area contributed by atoms with Crippen LogP contribution in [0.2, 0.25) is 0 Å². The maximum Gasteiger partial charge on any atom is 0.272 e. The fourth-order valence-corrected chi connectivity index (χ4v) is 1.61. The van der Waals surface area contributed by atoms with Crippen molar-refractivity contribution in [2.75, 3.05) is 0 Å². The number of rotatable bonds is 1. The van der Waals surface area contributed by atoms with Gasteiger partial charge in [0.05, 0.1) is 6.26 Å². The average Bonchev–Trinajstić information content (AvgIpc) is 2.88. The molecule has 0 bridgehead atoms. The number of nitrogens with zero attached hydrogens (tertiary/aromatic N) is 1. The Bertz CT molecular complexity index is 647. The molecule has 74 valence electrons. The first-order valence-corrected chi connectivity index (χ1v) is 4.58. The van der Waals surface area contributed by atoms with E-state index in [1.807, 2.05) is 18.5 Å². The van der Waals surface area contributed by atoms with Crippen LogP contribution in [0.5, 0.6) is 0 Å². The minimum Gasteiger partial charge on any atom is -0.463 e. The molecular formula is C11H8N2O2. The second-order valence-electron chi connectivity index (χ2n) is 3.27. The minimum atomic E-state index is -0.117. The van der Waals surface area contributed by atoms with Crippen molar-refractivity contribution in [1.29, 1.82) is 0 Å². The van der Waals surface area contributed by atoms with E-state index in [0.717, 1.165) is 0 Å². The molecule has 4 nitrogen and oxygen atoms in total. The van der Waals surface area contributed by atoms with Crippen LogP contribution in [-0.2, 0) is 0 Å². The second kappa shape index (κ2) is 2.88. The Morgan fingerprint density at radius 1 is 1.27 bits per heavy atom. The molecule has 0 aromatic carbocycles. The van der Waals surface area contributed by atoms with Gasteiger partial charge in [-0.3, -0.25) is 4.79 Å². The van der Waals surface area contributed by atoms with E-state index >= 15 is 0 Å². The zero-order chi connectivity index (χ0) is 10.3. The molecule has 0 aliphatic rings. The van der Waals surface area contributed by atoms with Crippen LogP contribution in [0, 0.1) is 0 Å². The normalized spacial score (nSPS) is 10.9. The minimum absolute atomic E-state index is 0.117. The average molecular weight is 200 g/mol. The van der Waals surface area contributed by atoms with E-state index in [0.29, 0.717) is 17.0 Å². The third-order valence-corrected chi connectivity index (χ3v) is 2.31. The first-order valence-electron chi connectivity index (χ1n) is 4.58. The molecule has 0 saturated heterocycles. The van der Waals surface area contributed by atoms with Gasteiger partial charge in [0.1, 0.15) is 11.2 Å². The molecule has 0 unspecified atom stereocenters. The van der Waals surface area contributed by atoms with E-state index in [1.165, 1.54) is 0 Å². The lowest BCUT2D eigenvalue weighted by Gasteiger charge is -1.99. The highest BCUT2D eigenvalue weighted by Gasteiger charge is 2.04. The summed E-state index contributed by atoms with van der Waals surface area (Å²) in [4.78, 5) is 14.4. The van der Waals surface area contributed by atoms with Crippen molar-refractivity contribution in [2.45, 2.75) is 0 Å². The molecule has 3 heterocycles. The van der Waals surface area contributed by atoms with Crippen molar-refractivity contribution < 1.29 is 4.42 Å². The number of aromatic amines is 1. The molecule has 0 aliphatic carbocycles. The zero-order valence-corrected chi connectivity index (χ0v) is 7.81. The number of hydrogen-bond acceptors (Lipinski definition) is 2. The summed E-state index contributed by atoms with van der Waals surface area (Å²) in [6.07, 6.45) is 5.24. The van der Waals surface area contributed by atoms with Gasteiger partial charge >= 0.3 is 0 Å². The fraction of sp³-hybridized carbons (Fsp3) is 0. The van der Waals surface area contributed by atoms with Crippen LogP contribution in [0.15, 0.2) is 52.1 Å². The Balaban J connectivity index is 2.34. The molecular weight excluding hydrogens is 192 g/mol. The highest BCUT2D eigenvalue weighted by Crippen LogP contribution is 2.15. The maximum absolute atomic E-state index is 11.6. The Morgan fingerprint density at radius 3 is 3.00 bits per heavy atom. The summed E-state index contributed by atoms with van der Waals surface area (Å²) in [5, 5.41) is 0. The smallest absolute Gasteiger partial charge is 0.272 e. The summed E-state index contributed by atoms with van der Waals surface area (Å²) in [5.74, 6) is 0.655. The van der Waals surface area contributed by atoms with E-state index < -0.39 is 0 Å². The summed E-state index contributed by atoms with van der Waals surface area (Å²) in [6.45, 7) is 0. The Labute approximate surface area is 84.8 Å². The molecule has 3 aromatic heterocycles. The first-order chi connectivity index (χ1) is 7.34. The molecule has 1 N–H and O–H groups in total. The van der Waals surface area contributed by atoms with Crippen LogP contribution in [0.4, 0.5) is 0 Å². The van der Waals surface area contributed by atoms with Crippen LogP contribution in [0.1, 0.15) is 0 Å². The SMILES string of the molecule is O=c1[nH]c(-c2ccco2)cn2cccc12. The third-order valence-electron chi connectivity index (χ3n) is 2.31. The van der Waals surface area contributed by atoms with E-state index in [1.54, 1.807) is 28.9 Å². The summed E-state index contributed by atoms with van der Waals surface area (Å²) >= 11 is 0. The fourth-order valence-electron chi connectivity index (χ4n) is 1.61. The number of aromatic nitrogens is 2. The van der Waals surface area contributed by atoms with Crippen molar-refractivity contribution in [2.24, 2.45) is 0 Å². The van der Waals surface area contributed by atoms with Gasteiger partial charge in [0.2, 0.25) is 0 Å². The summed E-state index contributed by atoms with van der Waals surface area (Å²) in [7, 11) is 0. The van der Waals surface area contributed by atoms with E-state index in [2.05, 4.69) is 4.98 Å². The lowest BCUT2D eigenvalue weighted by molar-refractivity contribution is 0.579. The van der Waals surface area contributed by atoms with E-state index in [9.17, 15) is 4.79 Å². The van der Waals surface area contributed by atoms with Crippen molar-refractivity contribution in [3.63, 3.8) is 0 Å². The quantitative estimate of drug-likeness (QED) is 0.652. The number of nitrogens with one attached hydrogen (secondary N) is 1. The van der Waals surface area contributed by atoms with Crippen molar-refractivity contribution >= 4 is 5.52 Å². The highest BCUT2D eigenvalue weighted by molar-refractivity contribution is 5.55. The van der Waals surface area contributed by atoms with Gasteiger partial charge < -0.3 is 13.8 Å². The third kappa shape index (κ3) is 1.19. The van der Waals surface area contributed by atoms with Crippen molar-refractivity contribution in [3.8, 4) is 11.5 Å². The molecule has 3 rings (SSSR count). The first kappa shape index (κ1) is 8.11. The summed E-state index contributed by atoms with van der Waals surface area (Å²) in [5.41, 5.74) is 1.19. The Hall–Kier alpha value is -2.23. The molecule has 0 spiro atoms. The predicted molar refractivity (Wildman–Crippen MR) is 55.7 cm³/mol. The lowest BCUT2D eigenvalue weighted by Crippen LogP contribution is -2.09. The number of H-pyrrole nitrogens is 1. The van der Waals surface area contributed by atoms with Gasteiger partial charge in [0, 0.05) is 12.4 Å². The standard InChI is InChI=1S/C11H8N2O2/c14-11-9-3-1-5-13(9)7-8(12-11)10-4-2-6-15-10/h1-7H,(H,12,14). The van der Waals surface area contributed by atoms with Gasteiger partial charge in [-0.05, 0) is 24.3 Å².